The van der Waals surface area contributed by atoms with Crippen LogP contribution < -0.4 is 11.1 Å². The van der Waals surface area contributed by atoms with Gasteiger partial charge in [-0.3, -0.25) is 4.98 Å². The first kappa shape index (κ1) is 13.3. The number of anilines is 2. The predicted octanol–water partition coefficient (Wildman–Crippen LogP) is 4.39. The Morgan fingerprint density at radius 1 is 1.40 bits per heavy atom. The maximum absolute atomic E-state index is 14.1. The second kappa shape index (κ2) is 5.38. The molecule has 0 aliphatic carbocycles. The van der Waals surface area contributed by atoms with E-state index in [9.17, 15) is 4.39 Å². The molecule has 0 radical (unpaired) electrons. The highest BCUT2D eigenvalue weighted by molar-refractivity contribution is 9.10. The number of pyridine rings is 1. The van der Waals surface area contributed by atoms with Gasteiger partial charge in [-0.15, -0.1) is 11.3 Å². The number of fused-ring (bicyclic) bond motifs is 1. The number of hydrogen-bond acceptors (Lipinski definition) is 4. The molecular formula is C14H11BrFN3S. The van der Waals surface area contributed by atoms with Crippen molar-refractivity contribution in [3.05, 3.63) is 51.0 Å². The molecule has 2 aromatic heterocycles. The van der Waals surface area contributed by atoms with Gasteiger partial charge in [0.1, 0.15) is 0 Å². The minimum Gasteiger partial charge on any atom is -0.398 e. The summed E-state index contributed by atoms with van der Waals surface area (Å²) in [5, 5.41) is 5.86. The molecule has 0 saturated carbocycles. The molecule has 0 aliphatic heterocycles. The zero-order valence-corrected chi connectivity index (χ0v) is 12.8. The molecule has 0 spiro atoms. The van der Waals surface area contributed by atoms with Crippen LogP contribution in [0.25, 0.3) is 10.9 Å². The fraction of sp³-hybridized carbons (Fsp3) is 0.0714. The van der Waals surface area contributed by atoms with Crippen LogP contribution in [0.15, 0.2) is 40.3 Å². The van der Waals surface area contributed by atoms with Gasteiger partial charge in [0.25, 0.3) is 0 Å². The number of nitrogens with zero attached hydrogens (tertiary/aromatic N) is 1. The third kappa shape index (κ3) is 2.48. The fourth-order valence-electron chi connectivity index (χ4n) is 2.03. The Morgan fingerprint density at radius 2 is 2.25 bits per heavy atom. The normalized spacial score (nSPS) is 10.9. The smallest absolute Gasteiger partial charge is 0.150 e. The molecule has 6 heteroatoms. The lowest BCUT2D eigenvalue weighted by Crippen LogP contribution is -2.03. The van der Waals surface area contributed by atoms with Crippen LogP contribution in [0, 0.1) is 5.82 Å². The highest BCUT2D eigenvalue weighted by atomic mass is 79.9. The number of benzene rings is 1. The van der Waals surface area contributed by atoms with Gasteiger partial charge in [-0.2, -0.15) is 0 Å². The molecule has 0 unspecified atom stereocenters. The molecule has 3 N–H and O–H groups in total. The molecule has 102 valence electrons. The first-order chi connectivity index (χ1) is 9.65. The van der Waals surface area contributed by atoms with E-state index in [1.807, 2.05) is 17.5 Å². The number of rotatable bonds is 3. The van der Waals surface area contributed by atoms with E-state index < -0.39 is 0 Å². The van der Waals surface area contributed by atoms with Gasteiger partial charge in [0.15, 0.2) is 5.82 Å². The average molecular weight is 352 g/mol. The van der Waals surface area contributed by atoms with E-state index in [1.165, 1.54) is 6.07 Å². The van der Waals surface area contributed by atoms with Crippen LogP contribution in [0.3, 0.4) is 0 Å². The van der Waals surface area contributed by atoms with E-state index in [4.69, 9.17) is 5.73 Å². The summed E-state index contributed by atoms with van der Waals surface area (Å²) >= 11 is 5.01. The maximum Gasteiger partial charge on any atom is 0.150 e. The van der Waals surface area contributed by atoms with E-state index in [0.29, 0.717) is 23.4 Å². The lowest BCUT2D eigenvalue weighted by molar-refractivity contribution is 0.632. The summed E-state index contributed by atoms with van der Waals surface area (Å²) in [5.74, 6) is -0.385. The predicted molar refractivity (Wildman–Crippen MR) is 85.5 cm³/mol. The molecule has 1 aromatic carbocycles. The SMILES string of the molecule is Nc1cc(F)c(NCc2cc(Br)cs2)c2ncccc12. The van der Waals surface area contributed by atoms with E-state index in [0.717, 1.165) is 14.7 Å². The van der Waals surface area contributed by atoms with Gasteiger partial charge in [0, 0.05) is 38.5 Å². The third-order valence-corrected chi connectivity index (χ3v) is 4.64. The van der Waals surface area contributed by atoms with Crippen LogP contribution >= 0.6 is 27.3 Å². The fourth-order valence-corrected chi connectivity index (χ4v) is 3.42. The van der Waals surface area contributed by atoms with E-state index in [1.54, 1.807) is 23.6 Å². The summed E-state index contributed by atoms with van der Waals surface area (Å²) < 4.78 is 15.1. The van der Waals surface area contributed by atoms with Crippen molar-refractivity contribution in [2.24, 2.45) is 0 Å². The molecular weight excluding hydrogens is 341 g/mol. The van der Waals surface area contributed by atoms with E-state index in [2.05, 4.69) is 26.2 Å². The third-order valence-electron chi connectivity index (χ3n) is 2.94. The van der Waals surface area contributed by atoms with Crippen LogP contribution in [0.4, 0.5) is 15.8 Å². The zero-order valence-electron chi connectivity index (χ0n) is 10.4. The largest absolute Gasteiger partial charge is 0.398 e. The van der Waals surface area contributed by atoms with E-state index >= 15 is 0 Å². The van der Waals surface area contributed by atoms with Gasteiger partial charge in [0.05, 0.1) is 11.2 Å². The molecule has 20 heavy (non-hydrogen) atoms. The van der Waals surface area contributed by atoms with Crippen LogP contribution in [-0.4, -0.2) is 4.98 Å². The maximum atomic E-state index is 14.1. The zero-order chi connectivity index (χ0) is 14.1. The van der Waals surface area contributed by atoms with Crippen molar-refractivity contribution in [2.45, 2.75) is 6.54 Å². The average Bonchev–Trinajstić information content (AvgIpc) is 2.84. The van der Waals surface area contributed by atoms with Gasteiger partial charge >= 0.3 is 0 Å². The van der Waals surface area contributed by atoms with E-state index in [-0.39, 0.29) is 5.82 Å². The number of halogens is 2. The second-order valence-electron chi connectivity index (χ2n) is 4.31. The Morgan fingerprint density at radius 3 is 3.00 bits per heavy atom. The molecule has 0 bridgehead atoms. The number of nitrogen functional groups attached to an aromatic ring is 1. The molecule has 0 aliphatic rings. The standard InChI is InChI=1S/C14H11BrFN3S/c15-8-4-9(20-7-8)6-19-14-11(16)5-12(17)10-2-1-3-18-13(10)14/h1-5,7,19H,6,17H2. The lowest BCUT2D eigenvalue weighted by atomic mass is 10.1. The number of thiophene rings is 1. The first-order valence-electron chi connectivity index (χ1n) is 5.94. The topological polar surface area (TPSA) is 50.9 Å². The molecule has 2 heterocycles. The Bertz CT molecular complexity index is 772. The van der Waals surface area contributed by atoms with Crippen molar-refractivity contribution in [1.82, 2.24) is 4.98 Å². The quantitative estimate of drug-likeness (QED) is 0.688. The summed E-state index contributed by atoms with van der Waals surface area (Å²) in [4.78, 5) is 5.34. The van der Waals surface area contributed by atoms with Gasteiger partial charge in [0.2, 0.25) is 0 Å². The lowest BCUT2D eigenvalue weighted by Gasteiger charge is -2.11. The highest BCUT2D eigenvalue weighted by Crippen LogP contribution is 2.30. The molecule has 0 fully saturated rings. The van der Waals surface area contributed by atoms with Crippen molar-refractivity contribution in [2.75, 3.05) is 11.1 Å². The van der Waals surface area contributed by atoms with Crippen LogP contribution in [-0.2, 0) is 6.54 Å². The van der Waals surface area contributed by atoms with Crippen molar-refractivity contribution >= 4 is 49.5 Å². The van der Waals surface area contributed by atoms with Crippen molar-refractivity contribution in [3.8, 4) is 0 Å². The van der Waals surface area contributed by atoms with Crippen molar-refractivity contribution in [3.63, 3.8) is 0 Å². The number of nitrogens with one attached hydrogen (secondary N) is 1. The minimum atomic E-state index is -0.385. The molecule has 3 nitrogen and oxygen atoms in total. The minimum absolute atomic E-state index is 0.385. The van der Waals surface area contributed by atoms with Gasteiger partial charge in [-0.25, -0.2) is 4.39 Å². The Balaban J connectivity index is 1.98. The summed E-state index contributed by atoms with van der Waals surface area (Å²) in [6.07, 6.45) is 1.63. The monoisotopic (exact) mass is 351 g/mol. The summed E-state index contributed by atoms with van der Waals surface area (Å²) in [5.41, 5.74) is 7.17. The van der Waals surface area contributed by atoms with Crippen molar-refractivity contribution in [1.29, 1.82) is 0 Å². The molecule has 0 atom stereocenters. The summed E-state index contributed by atoms with van der Waals surface area (Å²) in [7, 11) is 0. The molecule has 3 aromatic rings. The van der Waals surface area contributed by atoms with Gasteiger partial charge < -0.3 is 11.1 Å². The van der Waals surface area contributed by atoms with Crippen LogP contribution in [0.5, 0.6) is 0 Å². The second-order valence-corrected chi connectivity index (χ2v) is 6.22. The Labute approximate surface area is 127 Å². The van der Waals surface area contributed by atoms with Crippen LogP contribution in [0.2, 0.25) is 0 Å². The summed E-state index contributed by atoms with van der Waals surface area (Å²) in [6, 6.07) is 6.96. The number of hydrogen-bond donors (Lipinski definition) is 2. The molecule has 3 rings (SSSR count). The molecule has 0 saturated heterocycles. The Kier molecular flexibility index (Phi) is 3.58. The highest BCUT2D eigenvalue weighted by Gasteiger charge is 2.11. The first-order valence-corrected chi connectivity index (χ1v) is 7.62. The van der Waals surface area contributed by atoms with Crippen molar-refractivity contribution < 1.29 is 4.39 Å². The molecule has 0 amide bonds. The number of aromatic nitrogens is 1. The van der Waals surface area contributed by atoms with Gasteiger partial charge in [-0.1, -0.05) is 0 Å². The number of nitrogens with two attached hydrogens (primary N) is 1. The summed E-state index contributed by atoms with van der Waals surface area (Å²) in [6.45, 7) is 0.544. The van der Waals surface area contributed by atoms with Gasteiger partial charge in [-0.05, 0) is 40.2 Å². The Hall–Kier alpha value is -1.66. The van der Waals surface area contributed by atoms with Crippen LogP contribution in [0.1, 0.15) is 4.88 Å².